The van der Waals surface area contributed by atoms with E-state index in [-0.39, 0.29) is 18.3 Å². The number of ether oxygens (including phenoxy) is 2. The van der Waals surface area contributed by atoms with Gasteiger partial charge in [0.05, 0.1) is 7.11 Å². The van der Waals surface area contributed by atoms with E-state index in [9.17, 15) is 4.39 Å². The second-order valence-electron chi connectivity index (χ2n) is 4.34. The maximum Gasteiger partial charge on any atom is 0.129 e. The van der Waals surface area contributed by atoms with E-state index in [2.05, 4.69) is 15.9 Å². The first kappa shape index (κ1) is 15.3. The van der Waals surface area contributed by atoms with Crippen molar-refractivity contribution in [2.45, 2.75) is 6.61 Å². The number of nitrogens with one attached hydrogen (secondary N) is 1. The molecule has 110 valence electrons. The summed E-state index contributed by atoms with van der Waals surface area (Å²) in [6.07, 6.45) is 0. The van der Waals surface area contributed by atoms with Gasteiger partial charge in [0.15, 0.2) is 0 Å². The molecule has 0 unspecified atom stereocenters. The Hall–Kier alpha value is -2.08. The molecule has 6 heteroatoms. The van der Waals surface area contributed by atoms with Crippen LogP contribution in [0, 0.1) is 11.2 Å². The summed E-state index contributed by atoms with van der Waals surface area (Å²) in [6.45, 7) is 0.0653. The highest BCUT2D eigenvalue weighted by Gasteiger charge is 2.07. The van der Waals surface area contributed by atoms with E-state index in [0.717, 1.165) is 4.47 Å². The van der Waals surface area contributed by atoms with Crippen LogP contribution >= 0.6 is 15.9 Å². The smallest absolute Gasteiger partial charge is 0.129 e. The molecule has 0 saturated carbocycles. The minimum absolute atomic E-state index is 0.0653. The second kappa shape index (κ2) is 6.58. The van der Waals surface area contributed by atoms with E-state index >= 15 is 0 Å². The van der Waals surface area contributed by atoms with Crippen LogP contribution in [0.3, 0.4) is 0 Å². The number of hydrogen-bond acceptors (Lipinski definition) is 3. The zero-order chi connectivity index (χ0) is 15.4. The molecule has 0 aliphatic carbocycles. The van der Waals surface area contributed by atoms with Crippen LogP contribution in [0.1, 0.15) is 11.1 Å². The van der Waals surface area contributed by atoms with Crippen molar-refractivity contribution in [3.05, 3.63) is 57.8 Å². The zero-order valence-corrected chi connectivity index (χ0v) is 12.9. The first-order chi connectivity index (χ1) is 9.99. The Morgan fingerprint density at radius 3 is 2.62 bits per heavy atom. The minimum atomic E-state index is -0.340. The molecule has 0 bridgehead atoms. The van der Waals surface area contributed by atoms with Crippen molar-refractivity contribution in [2.24, 2.45) is 5.73 Å². The number of benzene rings is 2. The third-order valence-corrected chi connectivity index (χ3v) is 3.32. The Labute approximate surface area is 130 Å². The Kier molecular flexibility index (Phi) is 4.80. The van der Waals surface area contributed by atoms with Crippen LogP contribution in [0.25, 0.3) is 0 Å². The fourth-order valence-corrected chi connectivity index (χ4v) is 2.15. The first-order valence-electron chi connectivity index (χ1n) is 6.10. The normalized spacial score (nSPS) is 10.2. The molecule has 0 atom stereocenters. The molecule has 0 aliphatic heterocycles. The molecule has 0 saturated heterocycles. The van der Waals surface area contributed by atoms with Crippen molar-refractivity contribution < 1.29 is 13.9 Å². The SMILES string of the molecule is COc1cc(OCc2cc(Br)ccc2F)cc(C(=N)N)c1. The van der Waals surface area contributed by atoms with Gasteiger partial charge in [-0.05, 0) is 30.3 Å². The van der Waals surface area contributed by atoms with Crippen LogP contribution in [0.2, 0.25) is 0 Å². The molecule has 3 N–H and O–H groups in total. The summed E-state index contributed by atoms with van der Waals surface area (Å²) in [5.74, 6) is 0.548. The van der Waals surface area contributed by atoms with Gasteiger partial charge >= 0.3 is 0 Å². The number of nitrogens with two attached hydrogens (primary N) is 1. The van der Waals surface area contributed by atoms with Crippen LogP contribution in [-0.2, 0) is 6.61 Å². The summed E-state index contributed by atoms with van der Waals surface area (Å²) in [6, 6.07) is 9.55. The lowest BCUT2D eigenvalue weighted by Crippen LogP contribution is -2.11. The van der Waals surface area contributed by atoms with Crippen molar-refractivity contribution in [1.29, 1.82) is 5.41 Å². The van der Waals surface area contributed by atoms with E-state index in [1.54, 1.807) is 30.3 Å². The summed E-state index contributed by atoms with van der Waals surface area (Å²) in [7, 11) is 1.51. The summed E-state index contributed by atoms with van der Waals surface area (Å²) in [5, 5.41) is 7.46. The van der Waals surface area contributed by atoms with Gasteiger partial charge in [-0.1, -0.05) is 15.9 Å². The molecule has 0 aromatic heterocycles. The Morgan fingerprint density at radius 1 is 1.24 bits per heavy atom. The van der Waals surface area contributed by atoms with E-state index in [0.29, 0.717) is 22.6 Å². The number of hydrogen-bond donors (Lipinski definition) is 2. The molecule has 2 rings (SSSR count). The van der Waals surface area contributed by atoms with Gasteiger partial charge < -0.3 is 15.2 Å². The Morgan fingerprint density at radius 2 is 1.95 bits per heavy atom. The number of methoxy groups -OCH3 is 1. The maximum atomic E-state index is 13.6. The van der Waals surface area contributed by atoms with E-state index in [4.69, 9.17) is 20.6 Å². The molecule has 2 aromatic rings. The van der Waals surface area contributed by atoms with E-state index in [1.165, 1.54) is 13.2 Å². The van der Waals surface area contributed by atoms with Crippen LogP contribution < -0.4 is 15.2 Å². The lowest BCUT2D eigenvalue weighted by atomic mass is 10.2. The summed E-state index contributed by atoms with van der Waals surface area (Å²) in [4.78, 5) is 0. The summed E-state index contributed by atoms with van der Waals surface area (Å²) in [5.41, 5.74) is 6.38. The van der Waals surface area contributed by atoms with Crippen molar-refractivity contribution >= 4 is 21.8 Å². The third kappa shape index (κ3) is 3.95. The Bertz CT molecular complexity index is 677. The second-order valence-corrected chi connectivity index (χ2v) is 5.25. The van der Waals surface area contributed by atoms with Crippen molar-refractivity contribution in [2.75, 3.05) is 7.11 Å². The third-order valence-electron chi connectivity index (χ3n) is 2.83. The lowest BCUT2D eigenvalue weighted by molar-refractivity contribution is 0.297. The van der Waals surface area contributed by atoms with Gasteiger partial charge in [0.25, 0.3) is 0 Å². The van der Waals surface area contributed by atoms with E-state index < -0.39 is 0 Å². The zero-order valence-electron chi connectivity index (χ0n) is 11.3. The number of halogens is 2. The molecular weight excluding hydrogens is 339 g/mol. The van der Waals surface area contributed by atoms with Gasteiger partial charge in [0.1, 0.15) is 29.8 Å². The summed E-state index contributed by atoms with van der Waals surface area (Å²) >= 11 is 3.29. The van der Waals surface area contributed by atoms with E-state index in [1.807, 2.05) is 0 Å². The highest BCUT2D eigenvalue weighted by atomic mass is 79.9. The highest BCUT2D eigenvalue weighted by Crippen LogP contribution is 2.24. The highest BCUT2D eigenvalue weighted by molar-refractivity contribution is 9.10. The molecule has 0 heterocycles. The number of rotatable bonds is 5. The molecule has 2 aromatic carbocycles. The fraction of sp³-hybridized carbons (Fsp3) is 0.133. The average Bonchev–Trinajstić information content (AvgIpc) is 2.47. The monoisotopic (exact) mass is 352 g/mol. The van der Waals surface area contributed by atoms with Crippen LogP contribution in [-0.4, -0.2) is 12.9 Å². The molecule has 0 fully saturated rings. The molecular formula is C15H14BrFN2O2. The topological polar surface area (TPSA) is 68.3 Å². The number of amidine groups is 1. The molecule has 4 nitrogen and oxygen atoms in total. The van der Waals surface area contributed by atoms with Crippen molar-refractivity contribution in [3.63, 3.8) is 0 Å². The van der Waals surface area contributed by atoms with Gasteiger partial charge in [-0.25, -0.2) is 4.39 Å². The number of nitrogen functional groups attached to an aromatic ring is 1. The molecule has 0 amide bonds. The lowest BCUT2D eigenvalue weighted by Gasteiger charge is -2.11. The van der Waals surface area contributed by atoms with Gasteiger partial charge in [-0.15, -0.1) is 0 Å². The van der Waals surface area contributed by atoms with Crippen molar-refractivity contribution in [3.8, 4) is 11.5 Å². The van der Waals surface area contributed by atoms with Crippen LogP contribution in [0.4, 0.5) is 4.39 Å². The Balaban J connectivity index is 2.21. The molecule has 0 aliphatic rings. The standard InChI is InChI=1S/C15H14BrFN2O2/c1-20-12-5-9(15(18)19)6-13(7-12)21-8-10-4-11(16)2-3-14(10)17/h2-7H,8H2,1H3,(H3,18,19). The average molecular weight is 353 g/mol. The summed E-state index contributed by atoms with van der Waals surface area (Å²) < 4.78 is 25.1. The predicted molar refractivity (Wildman–Crippen MR) is 82.4 cm³/mol. The van der Waals surface area contributed by atoms with Gasteiger partial charge in [-0.2, -0.15) is 0 Å². The quantitative estimate of drug-likeness (QED) is 0.639. The largest absolute Gasteiger partial charge is 0.497 e. The molecule has 21 heavy (non-hydrogen) atoms. The van der Waals surface area contributed by atoms with Crippen molar-refractivity contribution in [1.82, 2.24) is 0 Å². The fourth-order valence-electron chi connectivity index (χ4n) is 1.74. The molecule has 0 radical (unpaired) electrons. The first-order valence-corrected chi connectivity index (χ1v) is 6.89. The van der Waals surface area contributed by atoms with Gasteiger partial charge in [0, 0.05) is 21.7 Å². The predicted octanol–water partition coefficient (Wildman–Crippen LogP) is 3.46. The van der Waals surface area contributed by atoms with Gasteiger partial charge in [0.2, 0.25) is 0 Å². The van der Waals surface area contributed by atoms with Crippen LogP contribution in [0.5, 0.6) is 11.5 Å². The molecule has 0 spiro atoms. The minimum Gasteiger partial charge on any atom is -0.497 e. The maximum absolute atomic E-state index is 13.6. The van der Waals surface area contributed by atoms with Gasteiger partial charge in [-0.3, -0.25) is 5.41 Å². The van der Waals surface area contributed by atoms with Crippen LogP contribution in [0.15, 0.2) is 40.9 Å².